The minimum atomic E-state index is 0.782. The van der Waals surface area contributed by atoms with E-state index in [-0.39, 0.29) is 0 Å². The van der Waals surface area contributed by atoms with Crippen LogP contribution in [-0.4, -0.2) is 26.3 Å². The van der Waals surface area contributed by atoms with Gasteiger partial charge in [-0.3, -0.25) is 0 Å². The number of benzene rings is 3. The average Bonchev–Trinajstić information content (AvgIpc) is 3.18. The molecule has 0 spiro atoms. The fraction of sp³-hybridized carbons (Fsp3) is 0.0870. The number of nitrogens with zero attached hydrogens (tertiary/aromatic N) is 4. The maximum Gasteiger partial charge on any atom is 0.212 e. The zero-order valence-corrected chi connectivity index (χ0v) is 16.2. The Morgan fingerprint density at radius 3 is 2.25 bits per heavy atom. The van der Waals surface area contributed by atoms with Gasteiger partial charge in [0.2, 0.25) is 5.16 Å². The monoisotopic (exact) mass is 382 g/mol. The third-order valence-corrected chi connectivity index (χ3v) is 5.70. The van der Waals surface area contributed by atoms with Crippen molar-refractivity contribution in [1.82, 2.24) is 14.9 Å². The lowest BCUT2D eigenvalue weighted by molar-refractivity contribution is 0.762. The quantitative estimate of drug-likeness (QED) is 0.484. The molecule has 0 saturated heterocycles. The minimum Gasteiger partial charge on any atom is -0.187 e. The Bertz CT molecular complexity index is 1160. The average molecular weight is 382 g/mol. The second kappa shape index (κ2) is 7.09. The molecule has 0 bridgehead atoms. The van der Waals surface area contributed by atoms with Crippen LogP contribution in [0.25, 0.3) is 22.5 Å². The lowest BCUT2D eigenvalue weighted by Crippen LogP contribution is -2.13. The summed E-state index contributed by atoms with van der Waals surface area (Å²) in [7, 11) is 0. The first-order valence-electron chi connectivity index (χ1n) is 9.17. The molecule has 136 valence electrons. The Morgan fingerprint density at radius 2 is 1.46 bits per heavy atom. The van der Waals surface area contributed by atoms with Gasteiger partial charge in [-0.1, -0.05) is 90.1 Å². The van der Waals surface area contributed by atoms with Crippen molar-refractivity contribution in [2.75, 3.05) is 5.75 Å². The molecular formula is C23H18N4S. The lowest BCUT2D eigenvalue weighted by Gasteiger charge is -2.14. The molecule has 0 amide bonds. The minimum absolute atomic E-state index is 0.782. The molecule has 1 aliphatic heterocycles. The summed E-state index contributed by atoms with van der Waals surface area (Å²) in [6.07, 6.45) is 0. The second-order valence-electron chi connectivity index (χ2n) is 6.77. The molecule has 28 heavy (non-hydrogen) atoms. The number of aryl methyl sites for hydroxylation is 1. The largest absolute Gasteiger partial charge is 0.212 e. The van der Waals surface area contributed by atoms with Crippen LogP contribution in [0.3, 0.4) is 0 Å². The van der Waals surface area contributed by atoms with Gasteiger partial charge in [-0.05, 0) is 29.7 Å². The van der Waals surface area contributed by atoms with Crippen molar-refractivity contribution in [3.05, 3.63) is 90.0 Å². The molecule has 3 aromatic carbocycles. The molecule has 0 unspecified atom stereocenters. The molecule has 4 aromatic rings. The van der Waals surface area contributed by atoms with E-state index in [9.17, 15) is 0 Å². The van der Waals surface area contributed by atoms with Crippen LogP contribution in [0, 0.1) is 6.92 Å². The molecule has 1 aromatic heterocycles. The van der Waals surface area contributed by atoms with Crippen molar-refractivity contribution in [1.29, 1.82) is 0 Å². The van der Waals surface area contributed by atoms with E-state index in [1.165, 1.54) is 16.7 Å². The summed E-state index contributed by atoms with van der Waals surface area (Å²) in [5, 5.41) is 14.4. The molecule has 2 heterocycles. The highest BCUT2D eigenvalue weighted by Gasteiger charge is 2.20. The fourth-order valence-electron chi connectivity index (χ4n) is 3.32. The van der Waals surface area contributed by atoms with E-state index in [1.807, 2.05) is 22.9 Å². The third kappa shape index (κ3) is 3.14. The number of aromatic nitrogens is 3. The standard InChI is InChI=1S/C23H18N4S/c1-16-6-5-9-20(14-16)22-24-25-23-27(22)26-21(15-28-23)19-12-10-18(11-13-19)17-7-3-2-4-8-17/h2-14H,15H2,1H3. The van der Waals surface area contributed by atoms with Crippen molar-refractivity contribution in [3.63, 3.8) is 0 Å². The summed E-state index contributed by atoms with van der Waals surface area (Å²) >= 11 is 1.67. The highest BCUT2D eigenvalue weighted by molar-refractivity contribution is 7.99. The molecule has 1 aliphatic rings. The molecule has 5 heteroatoms. The summed E-state index contributed by atoms with van der Waals surface area (Å²) < 4.78 is 1.86. The van der Waals surface area contributed by atoms with Crippen molar-refractivity contribution in [2.45, 2.75) is 12.1 Å². The van der Waals surface area contributed by atoms with Crippen LogP contribution in [0.1, 0.15) is 11.1 Å². The molecular weight excluding hydrogens is 364 g/mol. The van der Waals surface area contributed by atoms with E-state index in [4.69, 9.17) is 5.10 Å². The zero-order valence-electron chi connectivity index (χ0n) is 15.4. The molecule has 0 saturated carbocycles. The maximum absolute atomic E-state index is 4.87. The van der Waals surface area contributed by atoms with Gasteiger partial charge in [0.15, 0.2) is 5.82 Å². The molecule has 0 atom stereocenters. The van der Waals surface area contributed by atoms with E-state index >= 15 is 0 Å². The number of fused-ring (bicyclic) bond motifs is 1. The van der Waals surface area contributed by atoms with Gasteiger partial charge in [-0.2, -0.15) is 9.78 Å². The Labute approximate surface area is 168 Å². The molecule has 0 radical (unpaired) electrons. The first-order chi connectivity index (χ1) is 13.8. The van der Waals surface area contributed by atoms with Crippen molar-refractivity contribution in [2.24, 2.45) is 5.10 Å². The van der Waals surface area contributed by atoms with Crippen molar-refractivity contribution >= 4 is 17.5 Å². The van der Waals surface area contributed by atoms with Gasteiger partial charge < -0.3 is 0 Å². The Kier molecular flexibility index (Phi) is 4.29. The van der Waals surface area contributed by atoms with Crippen LogP contribution < -0.4 is 0 Å². The fourth-order valence-corrected chi connectivity index (χ4v) is 4.16. The van der Waals surface area contributed by atoms with Gasteiger partial charge in [-0.25, -0.2) is 0 Å². The van der Waals surface area contributed by atoms with Gasteiger partial charge in [-0.15, -0.1) is 10.2 Å². The Morgan fingerprint density at radius 1 is 0.750 bits per heavy atom. The summed E-state index contributed by atoms with van der Waals surface area (Å²) in [4.78, 5) is 0. The normalized spacial score (nSPS) is 13.1. The molecule has 0 N–H and O–H groups in total. The van der Waals surface area contributed by atoms with Crippen molar-refractivity contribution < 1.29 is 0 Å². The van der Waals surface area contributed by atoms with Gasteiger partial charge in [0.25, 0.3) is 0 Å². The molecule has 0 aliphatic carbocycles. The van der Waals surface area contributed by atoms with Gasteiger partial charge in [0, 0.05) is 11.3 Å². The number of hydrogen-bond acceptors (Lipinski definition) is 4. The Balaban J connectivity index is 1.50. The predicted molar refractivity (Wildman–Crippen MR) is 115 cm³/mol. The van der Waals surface area contributed by atoms with Crippen LogP contribution in [-0.2, 0) is 0 Å². The SMILES string of the molecule is Cc1cccc(-c2nnc3n2N=C(c2ccc(-c4ccccc4)cc2)CS3)c1. The number of rotatable bonds is 3. The van der Waals surface area contributed by atoms with Crippen molar-refractivity contribution in [3.8, 4) is 22.5 Å². The second-order valence-corrected chi connectivity index (χ2v) is 7.71. The maximum atomic E-state index is 4.87. The first kappa shape index (κ1) is 17.0. The van der Waals surface area contributed by atoms with Crippen LogP contribution in [0.15, 0.2) is 89.1 Å². The zero-order chi connectivity index (χ0) is 18.9. The van der Waals surface area contributed by atoms with E-state index in [0.29, 0.717) is 0 Å². The van der Waals surface area contributed by atoms with Gasteiger partial charge >= 0.3 is 0 Å². The topological polar surface area (TPSA) is 43.1 Å². The highest BCUT2D eigenvalue weighted by atomic mass is 32.2. The van der Waals surface area contributed by atoms with E-state index < -0.39 is 0 Å². The lowest BCUT2D eigenvalue weighted by atomic mass is 10.0. The molecule has 0 fully saturated rings. The summed E-state index contributed by atoms with van der Waals surface area (Å²) in [6.45, 7) is 2.08. The van der Waals surface area contributed by atoms with Gasteiger partial charge in [0.1, 0.15) is 0 Å². The summed E-state index contributed by atoms with van der Waals surface area (Å²) in [5.74, 6) is 1.57. The predicted octanol–water partition coefficient (Wildman–Crippen LogP) is 5.28. The molecule has 4 nitrogen and oxygen atoms in total. The third-order valence-electron chi connectivity index (χ3n) is 4.77. The summed E-state index contributed by atoms with van der Waals surface area (Å²) in [5.41, 5.74) is 6.81. The highest BCUT2D eigenvalue weighted by Crippen LogP contribution is 2.29. The van der Waals surface area contributed by atoms with Crippen LogP contribution in [0.5, 0.6) is 0 Å². The van der Waals surface area contributed by atoms with Crippen LogP contribution in [0.4, 0.5) is 0 Å². The van der Waals surface area contributed by atoms with E-state index in [0.717, 1.165) is 33.6 Å². The Hall–Kier alpha value is -3.18. The number of hydrogen-bond donors (Lipinski definition) is 0. The summed E-state index contributed by atoms with van der Waals surface area (Å²) in [6, 6.07) is 27.3. The van der Waals surface area contributed by atoms with Crippen LogP contribution >= 0.6 is 11.8 Å². The number of thioether (sulfide) groups is 1. The van der Waals surface area contributed by atoms with Gasteiger partial charge in [0.05, 0.1) is 5.71 Å². The smallest absolute Gasteiger partial charge is 0.187 e. The molecule has 5 rings (SSSR count). The van der Waals surface area contributed by atoms with E-state index in [1.54, 1.807) is 11.8 Å². The van der Waals surface area contributed by atoms with Crippen LogP contribution in [0.2, 0.25) is 0 Å². The first-order valence-corrected chi connectivity index (χ1v) is 10.2. The van der Waals surface area contributed by atoms with E-state index in [2.05, 4.69) is 77.8 Å².